The van der Waals surface area contributed by atoms with Crippen molar-refractivity contribution in [2.75, 3.05) is 33.9 Å². The van der Waals surface area contributed by atoms with E-state index >= 15 is 0 Å². The summed E-state index contributed by atoms with van der Waals surface area (Å²) in [4.78, 5) is 12.2. The maximum atomic E-state index is 12.2. The van der Waals surface area contributed by atoms with Crippen molar-refractivity contribution in [1.82, 2.24) is 10.6 Å². The molecule has 1 fully saturated rings. The monoisotopic (exact) mass is 308 g/mol. The minimum absolute atomic E-state index is 0.0333. The third-order valence-corrected chi connectivity index (χ3v) is 3.78. The summed E-state index contributed by atoms with van der Waals surface area (Å²) in [6.07, 6.45) is 0.564. The second kappa shape index (κ2) is 8.00. The fraction of sp³-hybridized carbons (Fsp3) is 0.562. The Morgan fingerprint density at radius 3 is 2.91 bits per heavy atom. The number of benzene rings is 1. The minimum Gasteiger partial charge on any atom is -0.497 e. The summed E-state index contributed by atoms with van der Waals surface area (Å²) in [7, 11) is 3.26. The van der Waals surface area contributed by atoms with E-state index in [0.717, 1.165) is 17.1 Å². The molecule has 6 nitrogen and oxygen atoms in total. The minimum atomic E-state index is -0.291. The SMILES string of the molecule is COc1ccc(OC)c(CCNC(=O)[C@H]2NCCO[C@@H]2C)c1. The van der Waals surface area contributed by atoms with E-state index in [-0.39, 0.29) is 18.1 Å². The Morgan fingerprint density at radius 2 is 2.23 bits per heavy atom. The van der Waals surface area contributed by atoms with Gasteiger partial charge in [0.05, 0.1) is 26.9 Å². The summed E-state index contributed by atoms with van der Waals surface area (Å²) in [5.41, 5.74) is 1.00. The van der Waals surface area contributed by atoms with Gasteiger partial charge in [0.15, 0.2) is 0 Å². The molecule has 0 aliphatic carbocycles. The highest BCUT2D eigenvalue weighted by Gasteiger charge is 2.27. The van der Waals surface area contributed by atoms with Gasteiger partial charge in [-0.2, -0.15) is 0 Å². The smallest absolute Gasteiger partial charge is 0.239 e. The quantitative estimate of drug-likeness (QED) is 0.811. The van der Waals surface area contributed by atoms with Gasteiger partial charge in [0.25, 0.3) is 0 Å². The molecule has 1 amide bonds. The standard InChI is InChI=1S/C16H24N2O4/c1-11-15(17-8-9-22-11)16(19)18-7-6-12-10-13(20-2)4-5-14(12)21-3/h4-5,10-11,15,17H,6-9H2,1-3H3,(H,18,19)/t11-,15+/m1/s1. The molecule has 1 saturated heterocycles. The highest BCUT2D eigenvalue weighted by molar-refractivity contribution is 5.82. The lowest BCUT2D eigenvalue weighted by molar-refractivity contribution is -0.128. The van der Waals surface area contributed by atoms with Crippen LogP contribution in [0.5, 0.6) is 11.5 Å². The molecule has 0 bridgehead atoms. The van der Waals surface area contributed by atoms with Crippen molar-refractivity contribution in [2.45, 2.75) is 25.5 Å². The first-order chi connectivity index (χ1) is 10.7. The Kier molecular flexibility index (Phi) is 6.03. The van der Waals surface area contributed by atoms with E-state index in [1.165, 1.54) is 0 Å². The van der Waals surface area contributed by atoms with E-state index in [2.05, 4.69) is 10.6 Å². The van der Waals surface area contributed by atoms with Crippen molar-refractivity contribution in [3.8, 4) is 11.5 Å². The number of ether oxygens (including phenoxy) is 3. The second-order valence-electron chi connectivity index (χ2n) is 5.23. The highest BCUT2D eigenvalue weighted by Crippen LogP contribution is 2.24. The molecule has 22 heavy (non-hydrogen) atoms. The fourth-order valence-corrected chi connectivity index (χ4v) is 2.53. The Morgan fingerprint density at radius 1 is 1.41 bits per heavy atom. The molecule has 0 radical (unpaired) electrons. The van der Waals surface area contributed by atoms with Crippen LogP contribution in [-0.4, -0.2) is 52.0 Å². The van der Waals surface area contributed by atoms with E-state index in [1.54, 1.807) is 14.2 Å². The predicted molar refractivity (Wildman–Crippen MR) is 83.5 cm³/mol. The molecule has 6 heteroatoms. The van der Waals surface area contributed by atoms with Crippen molar-refractivity contribution < 1.29 is 19.0 Å². The number of methoxy groups -OCH3 is 2. The number of morpholine rings is 1. The topological polar surface area (TPSA) is 68.8 Å². The van der Waals surface area contributed by atoms with Crippen LogP contribution in [0.4, 0.5) is 0 Å². The van der Waals surface area contributed by atoms with Crippen molar-refractivity contribution >= 4 is 5.91 Å². The largest absolute Gasteiger partial charge is 0.497 e. The summed E-state index contributed by atoms with van der Waals surface area (Å²) >= 11 is 0. The summed E-state index contributed by atoms with van der Waals surface area (Å²) in [6, 6.07) is 5.36. The maximum absolute atomic E-state index is 12.2. The normalized spacial score (nSPS) is 21.2. The van der Waals surface area contributed by atoms with E-state index in [1.807, 2.05) is 25.1 Å². The van der Waals surface area contributed by atoms with Crippen molar-refractivity contribution in [2.24, 2.45) is 0 Å². The lowest BCUT2D eigenvalue weighted by Gasteiger charge is -2.29. The molecule has 1 aromatic carbocycles. The predicted octanol–water partition coefficient (Wildman–Crippen LogP) is 0.739. The molecule has 122 valence electrons. The van der Waals surface area contributed by atoms with E-state index in [0.29, 0.717) is 26.1 Å². The van der Waals surface area contributed by atoms with Crippen LogP contribution in [-0.2, 0) is 16.0 Å². The number of carbonyl (C=O) groups excluding carboxylic acids is 1. The summed E-state index contributed by atoms with van der Waals surface area (Å²) in [6.45, 7) is 3.78. The van der Waals surface area contributed by atoms with Gasteiger partial charge in [-0.05, 0) is 37.1 Å². The van der Waals surface area contributed by atoms with Crippen LogP contribution >= 0.6 is 0 Å². The zero-order valence-electron chi connectivity index (χ0n) is 13.3. The average molecular weight is 308 g/mol. The van der Waals surface area contributed by atoms with Crippen LogP contribution in [0.3, 0.4) is 0 Å². The van der Waals surface area contributed by atoms with Crippen LogP contribution in [0.15, 0.2) is 18.2 Å². The van der Waals surface area contributed by atoms with Crippen LogP contribution in [0.1, 0.15) is 12.5 Å². The summed E-state index contributed by atoms with van der Waals surface area (Å²) in [5.74, 6) is 1.54. The van der Waals surface area contributed by atoms with Crippen LogP contribution < -0.4 is 20.1 Å². The Bertz CT molecular complexity index is 507. The van der Waals surface area contributed by atoms with Gasteiger partial charge < -0.3 is 24.8 Å². The lowest BCUT2D eigenvalue weighted by Crippen LogP contribution is -2.55. The Balaban J connectivity index is 1.89. The van der Waals surface area contributed by atoms with Gasteiger partial charge in [0.1, 0.15) is 17.5 Å². The van der Waals surface area contributed by atoms with Gasteiger partial charge >= 0.3 is 0 Å². The van der Waals surface area contributed by atoms with E-state index < -0.39 is 0 Å². The Hall–Kier alpha value is -1.79. The van der Waals surface area contributed by atoms with E-state index in [4.69, 9.17) is 14.2 Å². The zero-order valence-corrected chi connectivity index (χ0v) is 13.3. The van der Waals surface area contributed by atoms with Gasteiger partial charge in [-0.15, -0.1) is 0 Å². The number of hydrogen-bond donors (Lipinski definition) is 2. The maximum Gasteiger partial charge on any atom is 0.239 e. The molecular weight excluding hydrogens is 284 g/mol. The van der Waals surface area contributed by atoms with Gasteiger partial charge in [-0.3, -0.25) is 4.79 Å². The average Bonchev–Trinajstić information content (AvgIpc) is 2.55. The van der Waals surface area contributed by atoms with Crippen molar-refractivity contribution in [1.29, 1.82) is 0 Å². The first-order valence-corrected chi connectivity index (χ1v) is 7.49. The third kappa shape index (κ3) is 4.11. The van der Waals surface area contributed by atoms with Crippen molar-refractivity contribution in [3.63, 3.8) is 0 Å². The number of carbonyl (C=O) groups is 1. The van der Waals surface area contributed by atoms with Gasteiger partial charge in [-0.25, -0.2) is 0 Å². The summed E-state index contributed by atoms with van der Waals surface area (Å²) in [5, 5.41) is 6.12. The van der Waals surface area contributed by atoms with Crippen LogP contribution in [0.2, 0.25) is 0 Å². The molecule has 0 spiro atoms. The van der Waals surface area contributed by atoms with Gasteiger partial charge in [0, 0.05) is 13.1 Å². The Labute approximate surface area is 131 Å². The number of nitrogens with one attached hydrogen (secondary N) is 2. The highest BCUT2D eigenvalue weighted by atomic mass is 16.5. The number of hydrogen-bond acceptors (Lipinski definition) is 5. The van der Waals surface area contributed by atoms with Crippen LogP contribution in [0, 0.1) is 0 Å². The first kappa shape index (κ1) is 16.6. The first-order valence-electron chi connectivity index (χ1n) is 7.49. The molecule has 2 atom stereocenters. The molecule has 2 rings (SSSR count). The van der Waals surface area contributed by atoms with Gasteiger partial charge in [-0.1, -0.05) is 0 Å². The fourth-order valence-electron chi connectivity index (χ4n) is 2.53. The molecule has 1 aliphatic heterocycles. The third-order valence-electron chi connectivity index (χ3n) is 3.78. The number of rotatable bonds is 6. The van der Waals surface area contributed by atoms with E-state index in [9.17, 15) is 4.79 Å². The van der Waals surface area contributed by atoms with Crippen molar-refractivity contribution in [3.05, 3.63) is 23.8 Å². The molecular formula is C16H24N2O4. The molecule has 1 aliphatic rings. The molecule has 0 unspecified atom stereocenters. The second-order valence-corrected chi connectivity index (χ2v) is 5.23. The summed E-state index contributed by atoms with van der Waals surface area (Å²) < 4.78 is 16.0. The van der Waals surface area contributed by atoms with Crippen LogP contribution in [0.25, 0.3) is 0 Å². The molecule has 0 aromatic heterocycles. The lowest BCUT2D eigenvalue weighted by atomic mass is 10.1. The molecule has 1 heterocycles. The molecule has 0 saturated carbocycles. The zero-order chi connectivity index (χ0) is 15.9. The number of amides is 1. The molecule has 1 aromatic rings. The van der Waals surface area contributed by atoms with Gasteiger partial charge in [0.2, 0.25) is 5.91 Å². The molecule has 2 N–H and O–H groups in total.